The molecule has 0 bridgehead atoms. The Kier molecular flexibility index (Phi) is 8.57. The third-order valence-electron chi connectivity index (χ3n) is 14.8. The number of hydrogen-bond acceptors (Lipinski definition) is 3. The molecule has 332 valence electrons. The molecule has 71 heavy (non-hydrogen) atoms. The third kappa shape index (κ3) is 6.13. The molecule has 11 aromatic carbocycles. The van der Waals surface area contributed by atoms with Gasteiger partial charge in [0, 0.05) is 55.7 Å². The van der Waals surface area contributed by atoms with Crippen molar-refractivity contribution in [3.05, 3.63) is 247 Å². The van der Waals surface area contributed by atoms with Crippen molar-refractivity contribution in [2.45, 2.75) is 13.3 Å². The highest BCUT2D eigenvalue weighted by Gasteiger charge is 2.25. The quantitative estimate of drug-likeness (QED) is 0.170. The van der Waals surface area contributed by atoms with Gasteiger partial charge in [0.05, 0.1) is 44.5 Å². The van der Waals surface area contributed by atoms with E-state index in [1.165, 1.54) is 48.5 Å². The number of fused-ring (bicyclic) bond motifs is 13. The molecule has 0 fully saturated rings. The minimum absolute atomic E-state index is 0.585. The minimum atomic E-state index is 0.585. The van der Waals surface area contributed by atoms with Gasteiger partial charge in [0.1, 0.15) is 11.2 Å². The number of hydrogen-bond donors (Lipinski definition) is 0. The molecule has 0 amide bonds. The summed E-state index contributed by atoms with van der Waals surface area (Å²) in [5.74, 6) is 0.662. The van der Waals surface area contributed by atoms with Gasteiger partial charge >= 0.3 is 0 Å². The van der Waals surface area contributed by atoms with Crippen LogP contribution in [0.1, 0.15) is 30.0 Å². The maximum absolute atomic E-state index is 7.07. The van der Waals surface area contributed by atoms with Gasteiger partial charge in [0.2, 0.25) is 0 Å². The number of nitrogens with zero attached hydrogens (tertiary/aromatic N) is 4. The van der Waals surface area contributed by atoms with E-state index in [1.807, 2.05) is 0 Å². The molecule has 14 aromatic rings. The zero-order valence-electron chi connectivity index (χ0n) is 38.8. The van der Waals surface area contributed by atoms with Crippen molar-refractivity contribution in [1.82, 2.24) is 9.13 Å². The Morgan fingerprint density at radius 3 is 1.80 bits per heavy atom. The largest absolute Gasteiger partial charge is 0.456 e. The second kappa shape index (κ2) is 15.3. The van der Waals surface area contributed by atoms with Gasteiger partial charge in [-0.15, -0.1) is 0 Å². The highest BCUT2D eigenvalue weighted by molar-refractivity contribution is 6.26. The van der Waals surface area contributed by atoms with Crippen LogP contribution in [0.2, 0.25) is 0 Å². The van der Waals surface area contributed by atoms with E-state index in [0.717, 1.165) is 94.4 Å². The molecule has 0 N–H and O–H groups in total. The number of rotatable bonds is 5. The summed E-state index contributed by atoms with van der Waals surface area (Å²) in [5.41, 5.74) is 14.3. The lowest BCUT2D eigenvalue weighted by Crippen LogP contribution is -2.07. The van der Waals surface area contributed by atoms with Gasteiger partial charge in [-0.1, -0.05) is 158 Å². The Morgan fingerprint density at radius 2 is 1.01 bits per heavy atom. The predicted octanol–water partition coefficient (Wildman–Crippen LogP) is 17.3. The van der Waals surface area contributed by atoms with E-state index >= 15 is 0 Å². The number of allylic oxidation sites excluding steroid dienone is 1. The van der Waals surface area contributed by atoms with Crippen LogP contribution in [-0.2, 0) is 0 Å². The van der Waals surface area contributed by atoms with Crippen LogP contribution >= 0.6 is 0 Å². The van der Waals surface area contributed by atoms with Crippen LogP contribution in [0, 0.1) is 0 Å². The second-order valence-electron chi connectivity index (χ2n) is 19.0. The molecule has 0 aliphatic carbocycles. The summed E-state index contributed by atoms with van der Waals surface area (Å²) in [5, 5.41) is 14.1. The number of aromatic nitrogens is 2. The monoisotopic (exact) mass is 906 g/mol. The van der Waals surface area contributed by atoms with E-state index in [9.17, 15) is 0 Å². The standard InChI is InChI=1S/C66H42N4O/c1-40-32-55(67-66(68-65(40)42-17-4-2-5-18-42)47-28-30-52-51-26-14-15-27-56(51)69(58(52)36-47)49-23-6-3-7-24-49)48-37-60(64-54-34-44-20-9-11-22-46(44)38-61(54)71-62(64)39-48)70-57-31-29-41-16-12-13-25-50(41)63(57)53-33-43-19-8-10-21-45(43)35-59(53)70/h2-31,33-39H,32H2,1H3. The summed E-state index contributed by atoms with van der Waals surface area (Å²) in [6.07, 6.45) is 0.585. The van der Waals surface area contributed by atoms with E-state index in [1.54, 1.807) is 0 Å². The minimum Gasteiger partial charge on any atom is -0.456 e. The Hall–Kier alpha value is -9.32. The fourth-order valence-electron chi connectivity index (χ4n) is 11.5. The SMILES string of the molecule is CC1=C(c2ccccc2)N=C(c2ccc3c4ccccc4n(-c4ccccc4)c3c2)N=C(c2cc(-n3c4cc5ccccc5cc4c4c5ccccc5ccc43)c3c(c2)oc2cc4ccccc4cc23)C1. The lowest BCUT2D eigenvalue weighted by molar-refractivity contribution is 0.669. The Morgan fingerprint density at radius 1 is 0.380 bits per heavy atom. The summed E-state index contributed by atoms with van der Waals surface area (Å²) >= 11 is 0. The first kappa shape index (κ1) is 39.7. The summed E-state index contributed by atoms with van der Waals surface area (Å²) in [6.45, 7) is 2.20. The molecule has 0 spiro atoms. The van der Waals surface area contributed by atoms with Gasteiger partial charge in [-0.05, 0) is 112 Å². The van der Waals surface area contributed by atoms with Crippen molar-refractivity contribution in [2.24, 2.45) is 9.98 Å². The fourth-order valence-corrected chi connectivity index (χ4v) is 11.5. The number of aliphatic imine (C=N–C) groups is 2. The maximum atomic E-state index is 7.07. The van der Waals surface area contributed by atoms with Crippen LogP contribution in [0.3, 0.4) is 0 Å². The van der Waals surface area contributed by atoms with Crippen molar-refractivity contribution in [3.63, 3.8) is 0 Å². The summed E-state index contributed by atoms with van der Waals surface area (Å²) in [6, 6.07) is 80.9. The van der Waals surface area contributed by atoms with Crippen LogP contribution in [0.25, 0.3) is 115 Å². The molecule has 0 saturated carbocycles. The number of amidine groups is 1. The van der Waals surface area contributed by atoms with E-state index in [-0.39, 0.29) is 0 Å². The first-order valence-corrected chi connectivity index (χ1v) is 24.3. The Bertz CT molecular complexity index is 4660. The normalized spacial score (nSPS) is 13.5. The van der Waals surface area contributed by atoms with E-state index in [0.29, 0.717) is 12.3 Å². The molecule has 15 rings (SSSR count). The van der Waals surface area contributed by atoms with Crippen LogP contribution in [0.15, 0.2) is 244 Å². The summed E-state index contributed by atoms with van der Waals surface area (Å²) in [7, 11) is 0. The zero-order chi connectivity index (χ0) is 46.7. The van der Waals surface area contributed by atoms with Crippen LogP contribution < -0.4 is 0 Å². The molecular weight excluding hydrogens is 865 g/mol. The third-order valence-corrected chi connectivity index (χ3v) is 14.8. The second-order valence-corrected chi connectivity index (χ2v) is 19.0. The lowest BCUT2D eigenvalue weighted by Gasteiger charge is -2.14. The van der Waals surface area contributed by atoms with Crippen molar-refractivity contribution < 1.29 is 4.42 Å². The molecular formula is C66H42N4O. The summed E-state index contributed by atoms with van der Waals surface area (Å²) in [4.78, 5) is 11.3. The first-order chi connectivity index (χ1) is 35.1. The average Bonchev–Trinajstić information content (AvgIpc) is 4.02. The van der Waals surface area contributed by atoms with Crippen molar-refractivity contribution in [2.75, 3.05) is 0 Å². The summed E-state index contributed by atoms with van der Waals surface area (Å²) < 4.78 is 11.9. The van der Waals surface area contributed by atoms with Gasteiger partial charge in [-0.25, -0.2) is 9.98 Å². The van der Waals surface area contributed by atoms with Crippen molar-refractivity contribution >= 4 is 115 Å². The van der Waals surface area contributed by atoms with Gasteiger partial charge in [-0.3, -0.25) is 0 Å². The van der Waals surface area contributed by atoms with E-state index in [2.05, 4.69) is 241 Å². The molecule has 0 saturated heterocycles. The average molecular weight is 907 g/mol. The van der Waals surface area contributed by atoms with Crippen LogP contribution in [0.4, 0.5) is 0 Å². The molecule has 0 unspecified atom stereocenters. The van der Waals surface area contributed by atoms with E-state index in [4.69, 9.17) is 14.4 Å². The Labute approximate surface area is 408 Å². The maximum Gasteiger partial charge on any atom is 0.160 e. The number of furan rings is 1. The highest BCUT2D eigenvalue weighted by Crippen LogP contribution is 2.44. The van der Waals surface area contributed by atoms with Crippen LogP contribution in [-0.4, -0.2) is 20.7 Å². The van der Waals surface area contributed by atoms with Crippen molar-refractivity contribution in [1.29, 1.82) is 0 Å². The van der Waals surface area contributed by atoms with Crippen molar-refractivity contribution in [3.8, 4) is 11.4 Å². The lowest BCUT2D eigenvalue weighted by atomic mass is 9.97. The first-order valence-electron chi connectivity index (χ1n) is 24.3. The van der Waals surface area contributed by atoms with E-state index < -0.39 is 0 Å². The van der Waals surface area contributed by atoms with Gasteiger partial charge in [-0.2, -0.15) is 0 Å². The topological polar surface area (TPSA) is 47.7 Å². The molecule has 1 aliphatic heterocycles. The molecule has 3 aromatic heterocycles. The highest BCUT2D eigenvalue weighted by atomic mass is 16.3. The fraction of sp³-hybridized carbons (Fsp3) is 0.0303. The van der Waals surface area contributed by atoms with Crippen LogP contribution in [0.5, 0.6) is 0 Å². The zero-order valence-corrected chi connectivity index (χ0v) is 38.8. The molecule has 0 radical (unpaired) electrons. The molecule has 5 heteroatoms. The molecule has 5 nitrogen and oxygen atoms in total. The Balaban J connectivity index is 1.03. The molecule has 4 heterocycles. The number of benzene rings is 11. The molecule has 0 atom stereocenters. The number of para-hydroxylation sites is 2. The smallest absolute Gasteiger partial charge is 0.160 e. The van der Waals surface area contributed by atoms with Gasteiger partial charge in [0.15, 0.2) is 5.84 Å². The molecule has 1 aliphatic rings. The predicted molar refractivity (Wildman–Crippen MR) is 298 cm³/mol. The van der Waals surface area contributed by atoms with Gasteiger partial charge < -0.3 is 13.6 Å². The van der Waals surface area contributed by atoms with Gasteiger partial charge in [0.25, 0.3) is 0 Å².